The Labute approximate surface area is 77.4 Å². The van der Waals surface area contributed by atoms with Gasteiger partial charge in [0.25, 0.3) is 0 Å². The first kappa shape index (κ1) is 9.77. The van der Waals surface area contributed by atoms with Gasteiger partial charge in [-0.15, -0.1) is 0 Å². The SMILES string of the molecule is CC(C)CCn1ccc(N)nc1=O. The highest BCUT2D eigenvalue weighted by Gasteiger charge is 1.99. The minimum Gasteiger partial charge on any atom is -0.383 e. The van der Waals surface area contributed by atoms with Gasteiger partial charge in [0.1, 0.15) is 5.82 Å². The van der Waals surface area contributed by atoms with Crippen LogP contribution in [0.5, 0.6) is 0 Å². The number of aryl methyl sites for hydroxylation is 1. The van der Waals surface area contributed by atoms with Gasteiger partial charge in [0.2, 0.25) is 0 Å². The molecule has 72 valence electrons. The maximum Gasteiger partial charge on any atom is 0.349 e. The number of hydrogen-bond acceptors (Lipinski definition) is 3. The van der Waals surface area contributed by atoms with E-state index in [1.54, 1.807) is 16.8 Å². The smallest absolute Gasteiger partial charge is 0.349 e. The minimum atomic E-state index is -0.263. The van der Waals surface area contributed by atoms with E-state index < -0.39 is 0 Å². The summed E-state index contributed by atoms with van der Waals surface area (Å²) >= 11 is 0. The Hall–Kier alpha value is -1.32. The summed E-state index contributed by atoms with van der Waals surface area (Å²) in [6, 6.07) is 1.64. The molecule has 1 aromatic rings. The second kappa shape index (κ2) is 4.07. The summed E-state index contributed by atoms with van der Waals surface area (Å²) in [7, 11) is 0. The summed E-state index contributed by atoms with van der Waals surface area (Å²) in [5.74, 6) is 0.871. The van der Waals surface area contributed by atoms with Crippen LogP contribution < -0.4 is 11.4 Å². The highest BCUT2D eigenvalue weighted by atomic mass is 16.1. The number of nitrogen functional groups attached to an aromatic ring is 1. The lowest BCUT2D eigenvalue weighted by Gasteiger charge is -2.06. The summed E-state index contributed by atoms with van der Waals surface area (Å²) in [5, 5.41) is 0. The molecule has 0 amide bonds. The van der Waals surface area contributed by atoms with Gasteiger partial charge in [-0.05, 0) is 18.4 Å². The molecule has 1 aromatic heterocycles. The van der Waals surface area contributed by atoms with E-state index in [0.717, 1.165) is 6.42 Å². The maximum absolute atomic E-state index is 11.2. The van der Waals surface area contributed by atoms with E-state index in [9.17, 15) is 4.79 Å². The van der Waals surface area contributed by atoms with Crippen molar-refractivity contribution in [1.82, 2.24) is 9.55 Å². The molecule has 2 N–H and O–H groups in total. The Bertz CT molecular complexity index is 330. The van der Waals surface area contributed by atoms with Gasteiger partial charge in [-0.3, -0.25) is 4.57 Å². The van der Waals surface area contributed by atoms with Crippen molar-refractivity contribution in [3.8, 4) is 0 Å². The van der Waals surface area contributed by atoms with Gasteiger partial charge in [0.15, 0.2) is 0 Å². The second-order valence-electron chi connectivity index (χ2n) is 3.51. The Morgan fingerprint density at radius 1 is 1.62 bits per heavy atom. The summed E-state index contributed by atoms with van der Waals surface area (Å²) in [6.45, 7) is 4.95. The molecule has 4 nitrogen and oxygen atoms in total. The van der Waals surface area contributed by atoms with E-state index in [4.69, 9.17) is 5.73 Å². The van der Waals surface area contributed by atoms with Crippen molar-refractivity contribution in [3.05, 3.63) is 22.7 Å². The number of hydrogen-bond donors (Lipinski definition) is 1. The number of aromatic nitrogens is 2. The van der Waals surface area contributed by atoms with Crippen LogP contribution in [0.15, 0.2) is 17.1 Å². The Morgan fingerprint density at radius 3 is 2.85 bits per heavy atom. The lowest BCUT2D eigenvalue weighted by molar-refractivity contribution is 0.503. The zero-order valence-electron chi connectivity index (χ0n) is 8.03. The van der Waals surface area contributed by atoms with E-state index in [1.165, 1.54) is 0 Å². The average molecular weight is 181 g/mol. The minimum absolute atomic E-state index is 0.263. The largest absolute Gasteiger partial charge is 0.383 e. The van der Waals surface area contributed by atoms with Crippen LogP contribution in [0, 0.1) is 5.92 Å². The second-order valence-corrected chi connectivity index (χ2v) is 3.51. The van der Waals surface area contributed by atoms with Gasteiger partial charge in [0.05, 0.1) is 0 Å². The molecule has 0 spiro atoms. The quantitative estimate of drug-likeness (QED) is 0.752. The van der Waals surface area contributed by atoms with Crippen molar-refractivity contribution in [2.24, 2.45) is 5.92 Å². The zero-order chi connectivity index (χ0) is 9.84. The number of nitrogens with zero attached hydrogens (tertiary/aromatic N) is 2. The van der Waals surface area contributed by atoms with Crippen LogP contribution in [-0.2, 0) is 6.54 Å². The van der Waals surface area contributed by atoms with Gasteiger partial charge < -0.3 is 5.73 Å². The number of anilines is 1. The predicted octanol–water partition coefficient (Wildman–Crippen LogP) is 0.872. The Kier molecular flexibility index (Phi) is 3.06. The third-order valence-electron chi connectivity index (χ3n) is 1.84. The Morgan fingerprint density at radius 2 is 2.31 bits per heavy atom. The third-order valence-corrected chi connectivity index (χ3v) is 1.84. The lowest BCUT2D eigenvalue weighted by atomic mass is 10.1. The molecule has 4 heteroatoms. The maximum atomic E-state index is 11.2. The molecule has 0 unspecified atom stereocenters. The normalized spacial score (nSPS) is 10.7. The van der Waals surface area contributed by atoms with Gasteiger partial charge in [-0.25, -0.2) is 4.79 Å². The van der Waals surface area contributed by atoms with Crippen molar-refractivity contribution >= 4 is 5.82 Å². The van der Waals surface area contributed by atoms with Crippen molar-refractivity contribution in [2.45, 2.75) is 26.8 Å². The molecule has 0 saturated heterocycles. The number of rotatable bonds is 3. The monoisotopic (exact) mass is 181 g/mol. The molecule has 0 aliphatic rings. The van der Waals surface area contributed by atoms with E-state index in [0.29, 0.717) is 12.5 Å². The third kappa shape index (κ3) is 2.89. The van der Waals surface area contributed by atoms with Crippen LogP contribution in [0.2, 0.25) is 0 Å². The molecule has 0 atom stereocenters. The fourth-order valence-corrected chi connectivity index (χ4v) is 1.01. The molecule has 1 heterocycles. The molecule has 0 aliphatic heterocycles. The van der Waals surface area contributed by atoms with Crippen LogP contribution in [0.25, 0.3) is 0 Å². The van der Waals surface area contributed by atoms with Crippen molar-refractivity contribution < 1.29 is 0 Å². The molecule has 0 aliphatic carbocycles. The Balaban J connectivity index is 2.73. The van der Waals surface area contributed by atoms with Gasteiger partial charge >= 0.3 is 5.69 Å². The molecule has 0 saturated carbocycles. The topological polar surface area (TPSA) is 60.9 Å². The van der Waals surface area contributed by atoms with Crippen LogP contribution in [-0.4, -0.2) is 9.55 Å². The van der Waals surface area contributed by atoms with Crippen LogP contribution in [0.1, 0.15) is 20.3 Å². The summed E-state index contributed by atoms with van der Waals surface area (Å²) in [4.78, 5) is 14.9. The number of nitrogens with two attached hydrogens (primary N) is 1. The molecule has 1 rings (SSSR count). The first-order valence-corrected chi connectivity index (χ1v) is 4.42. The summed E-state index contributed by atoms with van der Waals surface area (Å²) in [5.41, 5.74) is 5.10. The van der Waals surface area contributed by atoms with Crippen molar-refractivity contribution in [1.29, 1.82) is 0 Å². The molecule has 0 bridgehead atoms. The molecule has 13 heavy (non-hydrogen) atoms. The van der Waals surface area contributed by atoms with Gasteiger partial charge in [-0.2, -0.15) is 4.98 Å². The van der Waals surface area contributed by atoms with Crippen LogP contribution in [0.3, 0.4) is 0 Å². The molecular weight excluding hydrogens is 166 g/mol. The molecule has 0 radical (unpaired) electrons. The summed E-state index contributed by atoms with van der Waals surface area (Å²) < 4.78 is 1.58. The van der Waals surface area contributed by atoms with Crippen LogP contribution >= 0.6 is 0 Å². The lowest BCUT2D eigenvalue weighted by Crippen LogP contribution is -2.23. The highest BCUT2D eigenvalue weighted by Crippen LogP contribution is 2.00. The molecular formula is C9H15N3O. The first-order chi connectivity index (χ1) is 6.09. The fourth-order valence-electron chi connectivity index (χ4n) is 1.01. The predicted molar refractivity (Wildman–Crippen MR) is 52.4 cm³/mol. The van der Waals surface area contributed by atoms with Gasteiger partial charge in [0, 0.05) is 12.7 Å². The first-order valence-electron chi connectivity index (χ1n) is 4.42. The van der Waals surface area contributed by atoms with Gasteiger partial charge in [-0.1, -0.05) is 13.8 Å². The average Bonchev–Trinajstić information content (AvgIpc) is 2.02. The van der Waals surface area contributed by atoms with E-state index in [1.807, 2.05) is 0 Å². The van der Waals surface area contributed by atoms with Crippen molar-refractivity contribution in [3.63, 3.8) is 0 Å². The van der Waals surface area contributed by atoms with E-state index in [2.05, 4.69) is 18.8 Å². The standard InChI is InChI=1S/C9H15N3O/c1-7(2)3-5-12-6-4-8(10)11-9(12)13/h4,6-7H,3,5H2,1-2H3,(H2,10,11,13). The molecule has 0 fully saturated rings. The molecule has 0 aromatic carbocycles. The van der Waals surface area contributed by atoms with Crippen molar-refractivity contribution in [2.75, 3.05) is 5.73 Å². The van der Waals surface area contributed by atoms with E-state index >= 15 is 0 Å². The highest BCUT2D eigenvalue weighted by molar-refractivity contribution is 5.23. The fraction of sp³-hybridized carbons (Fsp3) is 0.556. The van der Waals surface area contributed by atoms with Crippen LogP contribution in [0.4, 0.5) is 5.82 Å². The van der Waals surface area contributed by atoms with E-state index in [-0.39, 0.29) is 11.5 Å². The summed E-state index contributed by atoms with van der Waals surface area (Å²) in [6.07, 6.45) is 2.67. The zero-order valence-corrected chi connectivity index (χ0v) is 8.03.